The molecule has 0 bridgehead atoms. The van der Waals surface area contributed by atoms with Gasteiger partial charge in [0.1, 0.15) is 23.9 Å². The van der Waals surface area contributed by atoms with E-state index in [1.807, 2.05) is 0 Å². The summed E-state index contributed by atoms with van der Waals surface area (Å²) in [5, 5.41) is 33.2. The zero-order valence-electron chi connectivity index (χ0n) is 13.5. The molecule has 1 aromatic carbocycles. The molecule has 2 heterocycles. The summed E-state index contributed by atoms with van der Waals surface area (Å²) in [6.45, 7) is 1.35. The maximum absolute atomic E-state index is 11.6. The van der Waals surface area contributed by atoms with Crippen molar-refractivity contribution < 1.29 is 24.5 Å². The first-order valence-corrected chi connectivity index (χ1v) is 7.88. The van der Waals surface area contributed by atoms with Crippen molar-refractivity contribution >= 4 is 16.7 Å². The molecule has 7 nitrogen and oxygen atoms in total. The van der Waals surface area contributed by atoms with Crippen LogP contribution in [0.15, 0.2) is 33.5 Å². The highest BCUT2D eigenvalue weighted by atomic mass is 16.5. The molecular weight excluding hydrogens is 326 g/mol. The Balaban J connectivity index is 1.90. The van der Waals surface area contributed by atoms with Crippen molar-refractivity contribution in [3.05, 3.63) is 40.2 Å². The average Bonchev–Trinajstić information content (AvgIpc) is 2.60. The van der Waals surface area contributed by atoms with Gasteiger partial charge in [-0.25, -0.2) is 4.79 Å². The molecule has 0 aliphatic carbocycles. The van der Waals surface area contributed by atoms with Crippen LogP contribution in [0.4, 0.5) is 5.69 Å². The molecule has 1 aliphatic heterocycles. The van der Waals surface area contributed by atoms with Crippen LogP contribution in [0.3, 0.4) is 0 Å². The van der Waals surface area contributed by atoms with Crippen LogP contribution in [0.2, 0.25) is 0 Å². The number of anilines is 1. The number of benzene rings is 1. The van der Waals surface area contributed by atoms with Gasteiger partial charge >= 0.3 is 5.63 Å². The predicted octanol–water partition coefficient (Wildman–Crippen LogP) is 0.0562. The molecule has 2 aromatic rings. The van der Waals surface area contributed by atoms with Gasteiger partial charge in [0.15, 0.2) is 0 Å². The lowest BCUT2D eigenvalue weighted by Crippen LogP contribution is -2.60. The summed E-state index contributed by atoms with van der Waals surface area (Å²) in [6, 6.07) is 5.68. The molecule has 7 heteroatoms. The van der Waals surface area contributed by atoms with Crippen LogP contribution < -0.4 is 10.9 Å². The minimum absolute atomic E-state index is 0.318. The zero-order valence-corrected chi connectivity index (χ0v) is 13.5. The highest BCUT2D eigenvalue weighted by Gasteiger charge is 2.42. The van der Waals surface area contributed by atoms with E-state index < -0.39 is 36.1 Å². The average molecular weight is 345 g/mol. The number of fused-ring (bicyclic) bond motifs is 1. The Morgan fingerprint density at radius 2 is 2.04 bits per heavy atom. The standard InChI is InChI=1S/C18H19NO6/c1-3-10-6-15(21)25-13-7-11(4-5-12(10)13)19-16-9(2)24-14(8-20)17(22)18(16)23/h1,4-7,9,14,16-20,22-23H,8H2,2H3. The summed E-state index contributed by atoms with van der Waals surface area (Å²) in [4.78, 5) is 11.6. The van der Waals surface area contributed by atoms with Crippen molar-refractivity contribution in [2.24, 2.45) is 0 Å². The number of aliphatic hydroxyl groups is 3. The summed E-state index contributed by atoms with van der Waals surface area (Å²) in [5.74, 6) is 2.45. The van der Waals surface area contributed by atoms with Crippen LogP contribution in [0.5, 0.6) is 0 Å². The lowest BCUT2D eigenvalue weighted by Gasteiger charge is -2.41. The van der Waals surface area contributed by atoms with Crippen molar-refractivity contribution in [3.8, 4) is 12.3 Å². The van der Waals surface area contributed by atoms with E-state index in [9.17, 15) is 20.1 Å². The van der Waals surface area contributed by atoms with Gasteiger partial charge in [-0.15, -0.1) is 6.42 Å². The van der Waals surface area contributed by atoms with Gasteiger partial charge in [-0.1, -0.05) is 5.92 Å². The smallest absolute Gasteiger partial charge is 0.337 e. The fourth-order valence-corrected chi connectivity index (χ4v) is 3.07. The van der Waals surface area contributed by atoms with Gasteiger partial charge in [-0.05, 0) is 19.1 Å². The summed E-state index contributed by atoms with van der Waals surface area (Å²) in [6.07, 6.45) is 1.75. The molecule has 0 saturated carbocycles. The van der Waals surface area contributed by atoms with Crippen LogP contribution in [-0.2, 0) is 4.74 Å². The topological polar surface area (TPSA) is 112 Å². The molecule has 0 radical (unpaired) electrons. The Hall–Kier alpha value is -2.37. The third-order valence-electron chi connectivity index (χ3n) is 4.41. The zero-order chi connectivity index (χ0) is 18.1. The fourth-order valence-electron chi connectivity index (χ4n) is 3.07. The number of hydrogen-bond donors (Lipinski definition) is 4. The fraction of sp³-hybridized carbons (Fsp3) is 0.389. The molecule has 132 valence electrons. The quantitative estimate of drug-likeness (QED) is 0.459. The van der Waals surface area contributed by atoms with E-state index in [1.165, 1.54) is 6.07 Å². The van der Waals surface area contributed by atoms with E-state index in [0.717, 1.165) is 0 Å². The van der Waals surface area contributed by atoms with Gasteiger partial charge in [0.05, 0.1) is 18.8 Å². The van der Waals surface area contributed by atoms with E-state index in [4.69, 9.17) is 15.6 Å². The first-order valence-electron chi connectivity index (χ1n) is 7.88. The van der Waals surface area contributed by atoms with E-state index in [2.05, 4.69) is 11.2 Å². The van der Waals surface area contributed by atoms with E-state index in [0.29, 0.717) is 22.2 Å². The molecule has 1 aromatic heterocycles. The third-order valence-corrected chi connectivity index (χ3v) is 4.41. The molecule has 3 rings (SSSR count). The molecule has 0 amide bonds. The molecule has 1 saturated heterocycles. The van der Waals surface area contributed by atoms with Gasteiger partial charge in [0.25, 0.3) is 0 Å². The maximum Gasteiger partial charge on any atom is 0.337 e. The maximum atomic E-state index is 11.6. The summed E-state index contributed by atoms with van der Waals surface area (Å²) >= 11 is 0. The molecule has 25 heavy (non-hydrogen) atoms. The van der Waals surface area contributed by atoms with Gasteiger partial charge in [0.2, 0.25) is 0 Å². The first kappa shape index (κ1) is 17.5. The predicted molar refractivity (Wildman–Crippen MR) is 91.3 cm³/mol. The van der Waals surface area contributed by atoms with Gasteiger partial charge in [-0.2, -0.15) is 0 Å². The Morgan fingerprint density at radius 3 is 2.72 bits per heavy atom. The summed E-state index contributed by atoms with van der Waals surface area (Å²) in [5.41, 5.74) is 0.777. The molecule has 0 spiro atoms. The second-order valence-corrected chi connectivity index (χ2v) is 6.05. The van der Waals surface area contributed by atoms with E-state index >= 15 is 0 Å². The van der Waals surface area contributed by atoms with Crippen LogP contribution in [-0.4, -0.2) is 52.4 Å². The van der Waals surface area contributed by atoms with Crippen molar-refractivity contribution in [2.45, 2.75) is 37.4 Å². The lowest BCUT2D eigenvalue weighted by molar-refractivity contribution is -0.180. The van der Waals surface area contributed by atoms with Crippen LogP contribution in [0, 0.1) is 12.3 Å². The number of terminal acetylenes is 1. The number of ether oxygens (including phenoxy) is 1. The van der Waals surface area contributed by atoms with Crippen LogP contribution in [0.1, 0.15) is 12.5 Å². The number of nitrogens with one attached hydrogen (secondary N) is 1. The monoisotopic (exact) mass is 345 g/mol. The molecule has 5 unspecified atom stereocenters. The third kappa shape index (κ3) is 3.25. The Morgan fingerprint density at radius 1 is 1.28 bits per heavy atom. The van der Waals surface area contributed by atoms with E-state index in [-0.39, 0.29) is 6.61 Å². The number of rotatable bonds is 3. The van der Waals surface area contributed by atoms with Crippen molar-refractivity contribution in [1.82, 2.24) is 0 Å². The van der Waals surface area contributed by atoms with Crippen LogP contribution >= 0.6 is 0 Å². The molecular formula is C18H19NO6. The number of aliphatic hydroxyl groups excluding tert-OH is 3. The summed E-state index contributed by atoms with van der Waals surface area (Å²) in [7, 11) is 0. The lowest BCUT2D eigenvalue weighted by atomic mass is 9.93. The second-order valence-electron chi connectivity index (χ2n) is 6.05. The number of hydrogen-bond acceptors (Lipinski definition) is 7. The van der Waals surface area contributed by atoms with Crippen molar-refractivity contribution in [2.75, 3.05) is 11.9 Å². The van der Waals surface area contributed by atoms with Gasteiger partial charge in [-0.3, -0.25) is 0 Å². The SMILES string of the molecule is C#Cc1cc(=O)oc2cc(NC3C(C)OC(CO)C(O)C3O)ccc12. The highest BCUT2D eigenvalue weighted by Crippen LogP contribution is 2.26. The molecule has 1 fully saturated rings. The van der Waals surface area contributed by atoms with Gasteiger partial charge < -0.3 is 29.8 Å². The second kappa shape index (κ2) is 6.86. The van der Waals surface area contributed by atoms with Crippen molar-refractivity contribution in [1.29, 1.82) is 0 Å². The Labute approximate surface area is 143 Å². The molecule has 5 atom stereocenters. The largest absolute Gasteiger partial charge is 0.423 e. The van der Waals surface area contributed by atoms with Gasteiger partial charge in [0, 0.05) is 28.8 Å². The summed E-state index contributed by atoms with van der Waals surface area (Å²) < 4.78 is 10.7. The Kier molecular flexibility index (Phi) is 4.79. The highest BCUT2D eigenvalue weighted by molar-refractivity contribution is 5.85. The minimum Gasteiger partial charge on any atom is -0.423 e. The Bertz CT molecular complexity index is 870. The molecule has 4 N–H and O–H groups in total. The minimum atomic E-state index is -1.22. The van der Waals surface area contributed by atoms with Crippen LogP contribution in [0.25, 0.3) is 11.0 Å². The van der Waals surface area contributed by atoms with E-state index in [1.54, 1.807) is 25.1 Å². The van der Waals surface area contributed by atoms with Crippen molar-refractivity contribution in [3.63, 3.8) is 0 Å². The normalized spacial score (nSPS) is 29.3. The first-order chi connectivity index (χ1) is 11.9. The molecule has 1 aliphatic rings.